The zero-order valence-corrected chi connectivity index (χ0v) is 18.6. The molecule has 0 saturated carbocycles. The molecule has 32 heavy (non-hydrogen) atoms. The van der Waals surface area contributed by atoms with E-state index in [-0.39, 0.29) is 41.6 Å². The number of ketones is 1. The van der Waals surface area contributed by atoms with Crippen molar-refractivity contribution in [1.82, 2.24) is 0 Å². The molecule has 7 nitrogen and oxygen atoms in total. The molecule has 0 bridgehead atoms. The number of fused-ring (bicyclic) bond motifs is 2. The second-order valence-electron chi connectivity index (χ2n) is 9.22. The number of hydrogen-bond acceptors (Lipinski definition) is 7. The summed E-state index contributed by atoms with van der Waals surface area (Å²) in [5, 5.41) is 41.5. The highest BCUT2D eigenvalue weighted by Crippen LogP contribution is 2.51. The monoisotopic (exact) mass is 440 g/mol. The number of hydrogen-bond donors (Lipinski definition) is 4. The van der Waals surface area contributed by atoms with Gasteiger partial charge in [-0.15, -0.1) is 0 Å². The van der Waals surface area contributed by atoms with Gasteiger partial charge in [0.2, 0.25) is 0 Å². The highest BCUT2D eigenvalue weighted by Gasteiger charge is 2.43. The number of aliphatic hydroxyl groups excluding tert-OH is 1. The van der Waals surface area contributed by atoms with E-state index in [0.717, 1.165) is 11.6 Å². The lowest BCUT2D eigenvalue weighted by atomic mass is 9.82. The molecule has 4 rings (SSSR count). The Labute approximate surface area is 186 Å². The molecular weight excluding hydrogens is 412 g/mol. The van der Waals surface area contributed by atoms with E-state index in [0.29, 0.717) is 28.9 Å². The van der Waals surface area contributed by atoms with Crippen molar-refractivity contribution in [2.24, 2.45) is 0 Å². The molecule has 0 fully saturated rings. The Bertz CT molecular complexity index is 1130. The minimum Gasteiger partial charge on any atom is -0.508 e. The molecule has 0 aliphatic carbocycles. The number of ether oxygens (including phenoxy) is 2. The normalized spacial score (nSPS) is 21.1. The molecule has 0 saturated heterocycles. The molecule has 0 amide bonds. The number of benzene rings is 2. The maximum absolute atomic E-state index is 13.5. The van der Waals surface area contributed by atoms with Crippen molar-refractivity contribution in [3.05, 3.63) is 52.1 Å². The minimum absolute atomic E-state index is 0.0279. The average molecular weight is 440 g/mol. The molecule has 2 heterocycles. The Morgan fingerprint density at radius 3 is 2.56 bits per heavy atom. The van der Waals surface area contributed by atoms with Crippen LogP contribution in [0.3, 0.4) is 0 Å². The summed E-state index contributed by atoms with van der Waals surface area (Å²) in [6.07, 6.45) is 1.68. The zero-order valence-electron chi connectivity index (χ0n) is 18.6. The van der Waals surface area contributed by atoms with E-state index >= 15 is 0 Å². The van der Waals surface area contributed by atoms with Gasteiger partial charge < -0.3 is 29.9 Å². The lowest BCUT2D eigenvalue weighted by Crippen LogP contribution is -2.46. The number of carbonyl (C=O) groups excluding carboxylic acids is 1. The molecule has 2 atom stereocenters. The molecule has 2 aromatic rings. The smallest absolute Gasteiger partial charge is 0.181 e. The van der Waals surface area contributed by atoms with Crippen LogP contribution in [0.1, 0.15) is 60.7 Å². The summed E-state index contributed by atoms with van der Waals surface area (Å²) < 4.78 is 12.1. The number of phenols is 3. The van der Waals surface area contributed by atoms with Crippen LogP contribution >= 0.6 is 0 Å². The Hall–Kier alpha value is -3.19. The number of aromatic hydroxyl groups is 3. The zero-order chi connectivity index (χ0) is 23.4. The second-order valence-corrected chi connectivity index (χ2v) is 9.22. The van der Waals surface area contributed by atoms with Crippen LogP contribution in [0.15, 0.2) is 29.8 Å². The Balaban J connectivity index is 1.90. The van der Waals surface area contributed by atoms with Crippen LogP contribution in [0.25, 0.3) is 0 Å². The number of allylic oxidation sites excluding steroid dienone is 2. The molecule has 0 radical (unpaired) electrons. The maximum atomic E-state index is 13.5. The number of phenolic OH excluding ortho intramolecular Hbond substituents is 3. The third-order valence-corrected chi connectivity index (χ3v) is 6.20. The van der Waals surface area contributed by atoms with Gasteiger partial charge in [0.15, 0.2) is 5.78 Å². The van der Waals surface area contributed by atoms with E-state index in [9.17, 15) is 25.2 Å². The van der Waals surface area contributed by atoms with Crippen LogP contribution in [0.4, 0.5) is 0 Å². The van der Waals surface area contributed by atoms with Gasteiger partial charge in [0.25, 0.3) is 0 Å². The molecule has 4 N–H and O–H groups in total. The summed E-state index contributed by atoms with van der Waals surface area (Å²) in [4.78, 5) is 13.5. The van der Waals surface area contributed by atoms with Crippen molar-refractivity contribution in [3.8, 4) is 28.7 Å². The summed E-state index contributed by atoms with van der Waals surface area (Å²) in [6, 6.07) is 4.02. The SMILES string of the molecule is CC(C)=CCc1c2c(c(O)c3c1OC[C@@H](c1ccc(O)cc1O)C3=O)C[C@H](O)C(C)(C)O2. The van der Waals surface area contributed by atoms with Crippen LogP contribution in [0, 0.1) is 0 Å². The predicted molar refractivity (Wildman–Crippen MR) is 118 cm³/mol. The van der Waals surface area contributed by atoms with Crippen molar-refractivity contribution >= 4 is 5.78 Å². The third kappa shape index (κ3) is 3.56. The van der Waals surface area contributed by atoms with Crippen LogP contribution < -0.4 is 9.47 Å². The van der Waals surface area contributed by atoms with E-state index in [4.69, 9.17) is 9.47 Å². The summed E-state index contributed by atoms with van der Waals surface area (Å²) in [7, 11) is 0. The highest BCUT2D eigenvalue weighted by molar-refractivity contribution is 6.08. The third-order valence-electron chi connectivity index (χ3n) is 6.20. The number of rotatable bonds is 3. The Morgan fingerprint density at radius 1 is 1.19 bits per heavy atom. The van der Waals surface area contributed by atoms with E-state index in [1.807, 2.05) is 19.9 Å². The fourth-order valence-corrected chi connectivity index (χ4v) is 4.24. The molecule has 0 unspecified atom stereocenters. The second kappa shape index (κ2) is 7.74. The molecule has 170 valence electrons. The van der Waals surface area contributed by atoms with Crippen LogP contribution in [0.5, 0.6) is 28.7 Å². The van der Waals surface area contributed by atoms with Crippen molar-refractivity contribution in [1.29, 1.82) is 0 Å². The van der Waals surface area contributed by atoms with Crippen molar-refractivity contribution in [2.75, 3.05) is 6.61 Å². The fraction of sp³-hybridized carbons (Fsp3) is 0.400. The molecule has 2 aromatic carbocycles. The first-order valence-corrected chi connectivity index (χ1v) is 10.6. The number of aliphatic hydroxyl groups is 1. The van der Waals surface area contributed by atoms with Crippen molar-refractivity contribution in [3.63, 3.8) is 0 Å². The maximum Gasteiger partial charge on any atom is 0.181 e. The molecular formula is C25H28O7. The minimum atomic E-state index is -0.869. The van der Waals surface area contributed by atoms with Gasteiger partial charge >= 0.3 is 0 Å². The summed E-state index contributed by atoms with van der Waals surface area (Å²) in [6.45, 7) is 7.44. The van der Waals surface area contributed by atoms with Crippen LogP contribution in [0.2, 0.25) is 0 Å². The summed E-state index contributed by atoms with van der Waals surface area (Å²) in [5.74, 6) is -1.15. The highest BCUT2D eigenvalue weighted by atomic mass is 16.5. The van der Waals surface area contributed by atoms with E-state index in [1.54, 1.807) is 13.8 Å². The van der Waals surface area contributed by atoms with Crippen LogP contribution in [-0.2, 0) is 12.8 Å². The van der Waals surface area contributed by atoms with Gasteiger partial charge in [0.1, 0.15) is 46.5 Å². The van der Waals surface area contributed by atoms with Gasteiger partial charge in [0.05, 0.1) is 12.0 Å². The fourth-order valence-electron chi connectivity index (χ4n) is 4.24. The molecule has 0 spiro atoms. The van der Waals surface area contributed by atoms with Gasteiger partial charge in [-0.2, -0.15) is 0 Å². The summed E-state index contributed by atoms with van der Waals surface area (Å²) >= 11 is 0. The van der Waals surface area contributed by atoms with Crippen molar-refractivity contribution < 1.29 is 34.7 Å². The number of Topliss-reactive ketones (excluding diaryl/α,β-unsaturated/α-hetero) is 1. The topological polar surface area (TPSA) is 116 Å². The Kier molecular flexibility index (Phi) is 5.33. The van der Waals surface area contributed by atoms with E-state index < -0.39 is 23.4 Å². The predicted octanol–water partition coefficient (Wildman–Crippen LogP) is 3.75. The molecule has 2 aliphatic heterocycles. The Morgan fingerprint density at radius 2 is 1.91 bits per heavy atom. The molecule has 0 aromatic heterocycles. The van der Waals surface area contributed by atoms with Crippen molar-refractivity contribution in [2.45, 2.75) is 58.2 Å². The van der Waals surface area contributed by atoms with Gasteiger partial charge in [0, 0.05) is 29.2 Å². The van der Waals surface area contributed by atoms with Gasteiger partial charge in [-0.05, 0) is 40.2 Å². The summed E-state index contributed by atoms with van der Waals surface area (Å²) in [5.41, 5.74) is 1.56. The molecule has 2 aliphatic rings. The standard InChI is InChI=1S/C25H28O7/c1-12(2)5-7-15-23-16(10-19(28)25(3,4)32-23)21(29)20-22(30)17(11-31-24(15)20)14-8-6-13(26)9-18(14)27/h5-6,8-9,17,19,26-29H,7,10-11H2,1-4H3/t17-,19-/m0/s1. The van der Waals surface area contributed by atoms with E-state index in [1.165, 1.54) is 12.1 Å². The lowest BCUT2D eigenvalue weighted by Gasteiger charge is -2.40. The quantitative estimate of drug-likeness (QED) is 0.537. The van der Waals surface area contributed by atoms with Crippen LogP contribution in [-0.4, -0.2) is 44.5 Å². The largest absolute Gasteiger partial charge is 0.508 e. The first-order chi connectivity index (χ1) is 15.0. The molecule has 7 heteroatoms. The first kappa shape index (κ1) is 22.0. The van der Waals surface area contributed by atoms with Gasteiger partial charge in [-0.1, -0.05) is 17.7 Å². The lowest BCUT2D eigenvalue weighted by molar-refractivity contribution is -0.0425. The van der Waals surface area contributed by atoms with E-state index in [2.05, 4.69) is 0 Å². The van der Waals surface area contributed by atoms with Gasteiger partial charge in [-0.3, -0.25) is 4.79 Å². The van der Waals surface area contributed by atoms with Gasteiger partial charge in [-0.25, -0.2) is 0 Å². The number of carbonyl (C=O) groups is 1. The average Bonchev–Trinajstić information content (AvgIpc) is 2.70. The first-order valence-electron chi connectivity index (χ1n) is 10.6.